The second-order valence-corrected chi connectivity index (χ2v) is 5.74. The number of carbonyl (C=O) groups is 1. The molecule has 0 aliphatic heterocycles. The van der Waals surface area contributed by atoms with E-state index in [2.05, 4.69) is 12.0 Å². The topological polar surface area (TPSA) is 60.9 Å². The van der Waals surface area contributed by atoms with Crippen LogP contribution in [0.15, 0.2) is 12.3 Å². The van der Waals surface area contributed by atoms with Gasteiger partial charge < -0.3 is 5.73 Å². The van der Waals surface area contributed by atoms with Crippen molar-refractivity contribution in [3.8, 4) is 0 Å². The third kappa shape index (κ3) is 1.70. The van der Waals surface area contributed by atoms with Gasteiger partial charge in [-0.3, -0.25) is 9.48 Å². The predicted octanol–water partition coefficient (Wildman–Crippen LogP) is 1.85. The van der Waals surface area contributed by atoms with Crippen molar-refractivity contribution in [2.75, 3.05) is 0 Å². The number of hydrogen-bond donors (Lipinski definition) is 1. The standard InChI is InChI=1S/C14H21N3O/c1-2-7-17-11(5-6-16-17)14(18)12-9-3-4-10(8-9)13(12)15/h5-6,9-10,12-13H,2-4,7-8,15H2,1H3. The summed E-state index contributed by atoms with van der Waals surface area (Å²) in [6, 6.07) is 1.91. The molecule has 2 saturated carbocycles. The van der Waals surface area contributed by atoms with Gasteiger partial charge in [-0.2, -0.15) is 5.10 Å². The quantitative estimate of drug-likeness (QED) is 0.826. The Balaban J connectivity index is 1.84. The number of aromatic nitrogens is 2. The molecule has 1 aromatic rings. The van der Waals surface area contributed by atoms with Crippen molar-refractivity contribution in [1.82, 2.24) is 9.78 Å². The van der Waals surface area contributed by atoms with Crippen molar-refractivity contribution >= 4 is 5.78 Å². The minimum atomic E-state index is 0.0380. The second-order valence-electron chi connectivity index (χ2n) is 5.74. The lowest BCUT2D eigenvalue weighted by Crippen LogP contribution is -2.40. The Hall–Kier alpha value is -1.16. The summed E-state index contributed by atoms with van der Waals surface area (Å²) in [4.78, 5) is 12.7. The monoisotopic (exact) mass is 247 g/mol. The summed E-state index contributed by atoms with van der Waals surface area (Å²) in [6.45, 7) is 2.91. The first-order valence-electron chi connectivity index (χ1n) is 7.04. The van der Waals surface area contributed by atoms with Crippen LogP contribution in [0, 0.1) is 17.8 Å². The number of carbonyl (C=O) groups excluding carboxylic acids is 1. The zero-order chi connectivity index (χ0) is 12.7. The van der Waals surface area contributed by atoms with Crippen LogP contribution < -0.4 is 5.73 Å². The van der Waals surface area contributed by atoms with E-state index in [-0.39, 0.29) is 17.7 Å². The van der Waals surface area contributed by atoms with Gasteiger partial charge in [-0.15, -0.1) is 0 Å². The lowest BCUT2D eigenvalue weighted by atomic mass is 9.81. The molecule has 2 bridgehead atoms. The summed E-state index contributed by atoms with van der Waals surface area (Å²) in [5.74, 6) is 1.35. The van der Waals surface area contributed by atoms with Gasteiger partial charge in [0, 0.05) is 24.7 Å². The molecule has 0 saturated heterocycles. The number of hydrogen-bond acceptors (Lipinski definition) is 3. The predicted molar refractivity (Wildman–Crippen MR) is 69.1 cm³/mol. The van der Waals surface area contributed by atoms with Gasteiger partial charge in [0.15, 0.2) is 5.78 Å². The molecular weight excluding hydrogens is 226 g/mol. The number of rotatable bonds is 4. The van der Waals surface area contributed by atoms with Crippen LogP contribution in [-0.4, -0.2) is 21.6 Å². The van der Waals surface area contributed by atoms with E-state index in [4.69, 9.17) is 5.73 Å². The molecule has 3 rings (SSSR count). The Morgan fingerprint density at radius 3 is 2.94 bits per heavy atom. The average molecular weight is 247 g/mol. The summed E-state index contributed by atoms with van der Waals surface area (Å²) in [6.07, 6.45) is 6.26. The Bertz CT molecular complexity index is 452. The van der Waals surface area contributed by atoms with E-state index in [1.165, 1.54) is 12.8 Å². The largest absolute Gasteiger partial charge is 0.327 e. The second kappa shape index (κ2) is 4.50. The van der Waals surface area contributed by atoms with Crippen LogP contribution in [0.3, 0.4) is 0 Å². The van der Waals surface area contributed by atoms with Crippen molar-refractivity contribution in [3.05, 3.63) is 18.0 Å². The number of nitrogens with two attached hydrogens (primary N) is 1. The van der Waals surface area contributed by atoms with Gasteiger partial charge in [0.25, 0.3) is 0 Å². The Kier molecular flexibility index (Phi) is 2.98. The third-order valence-electron chi connectivity index (χ3n) is 4.69. The molecule has 0 amide bonds. The van der Waals surface area contributed by atoms with Crippen molar-refractivity contribution < 1.29 is 4.79 Å². The minimum absolute atomic E-state index is 0.0380. The minimum Gasteiger partial charge on any atom is -0.327 e. The van der Waals surface area contributed by atoms with Gasteiger partial charge in [0.2, 0.25) is 0 Å². The van der Waals surface area contributed by atoms with Crippen molar-refractivity contribution in [2.24, 2.45) is 23.5 Å². The molecule has 4 heteroatoms. The first-order valence-corrected chi connectivity index (χ1v) is 7.04. The van der Waals surface area contributed by atoms with Crippen LogP contribution in [0.1, 0.15) is 43.1 Å². The fourth-order valence-corrected chi connectivity index (χ4v) is 3.83. The van der Waals surface area contributed by atoms with Crippen molar-refractivity contribution in [1.29, 1.82) is 0 Å². The number of Topliss-reactive ketones (excluding diaryl/α,β-unsaturated/α-hetero) is 1. The number of fused-ring (bicyclic) bond motifs is 2. The SMILES string of the molecule is CCCn1nccc1C(=O)C1C2CCC(C2)C1N. The average Bonchev–Trinajstić information content (AvgIpc) is 3.03. The van der Waals surface area contributed by atoms with E-state index in [0.29, 0.717) is 11.8 Å². The van der Waals surface area contributed by atoms with E-state index < -0.39 is 0 Å². The molecule has 4 unspecified atom stereocenters. The van der Waals surface area contributed by atoms with Gasteiger partial charge in [-0.1, -0.05) is 6.92 Å². The zero-order valence-electron chi connectivity index (χ0n) is 10.9. The maximum Gasteiger partial charge on any atom is 0.185 e. The van der Waals surface area contributed by atoms with Crippen LogP contribution in [0.4, 0.5) is 0 Å². The van der Waals surface area contributed by atoms with E-state index in [0.717, 1.165) is 25.1 Å². The fourth-order valence-electron chi connectivity index (χ4n) is 3.83. The van der Waals surface area contributed by atoms with Gasteiger partial charge in [-0.05, 0) is 43.6 Å². The number of nitrogens with zero attached hydrogens (tertiary/aromatic N) is 2. The maximum atomic E-state index is 12.7. The van der Waals surface area contributed by atoms with Gasteiger partial charge >= 0.3 is 0 Å². The number of aryl methyl sites for hydroxylation is 1. The van der Waals surface area contributed by atoms with E-state index in [9.17, 15) is 4.79 Å². The van der Waals surface area contributed by atoms with E-state index in [1.54, 1.807) is 6.20 Å². The molecule has 0 spiro atoms. The summed E-state index contributed by atoms with van der Waals surface area (Å²) in [5, 5.41) is 4.24. The maximum absolute atomic E-state index is 12.7. The third-order valence-corrected chi connectivity index (χ3v) is 4.69. The zero-order valence-corrected chi connectivity index (χ0v) is 10.9. The first-order chi connectivity index (χ1) is 8.72. The number of ketones is 1. The van der Waals surface area contributed by atoms with Crippen LogP contribution in [0.5, 0.6) is 0 Å². The molecule has 2 N–H and O–H groups in total. The van der Waals surface area contributed by atoms with Gasteiger partial charge in [0.1, 0.15) is 5.69 Å². The molecule has 18 heavy (non-hydrogen) atoms. The van der Waals surface area contributed by atoms with Crippen LogP contribution in [0.2, 0.25) is 0 Å². The smallest absolute Gasteiger partial charge is 0.185 e. The van der Waals surface area contributed by atoms with Gasteiger partial charge in [0.05, 0.1) is 0 Å². The highest BCUT2D eigenvalue weighted by Crippen LogP contribution is 2.48. The molecule has 1 heterocycles. The van der Waals surface area contributed by atoms with Crippen molar-refractivity contribution in [3.63, 3.8) is 0 Å². The molecule has 4 atom stereocenters. The lowest BCUT2D eigenvalue weighted by molar-refractivity contribution is 0.0844. The van der Waals surface area contributed by atoms with Gasteiger partial charge in [-0.25, -0.2) is 0 Å². The fraction of sp³-hybridized carbons (Fsp3) is 0.714. The Morgan fingerprint density at radius 1 is 1.50 bits per heavy atom. The molecule has 0 radical (unpaired) electrons. The van der Waals surface area contributed by atoms with Crippen LogP contribution in [-0.2, 0) is 6.54 Å². The highest BCUT2D eigenvalue weighted by Gasteiger charge is 2.49. The summed E-state index contributed by atoms with van der Waals surface area (Å²) < 4.78 is 1.83. The molecule has 2 aliphatic rings. The summed E-state index contributed by atoms with van der Waals surface area (Å²) in [5.41, 5.74) is 7.00. The van der Waals surface area contributed by atoms with Crippen LogP contribution >= 0.6 is 0 Å². The van der Waals surface area contributed by atoms with Crippen LogP contribution in [0.25, 0.3) is 0 Å². The molecule has 2 fully saturated rings. The first kappa shape index (κ1) is 11.9. The molecular formula is C14H21N3O. The Morgan fingerprint density at radius 2 is 2.28 bits per heavy atom. The molecule has 0 aromatic carbocycles. The van der Waals surface area contributed by atoms with Crippen molar-refractivity contribution in [2.45, 2.75) is 45.2 Å². The molecule has 98 valence electrons. The molecule has 4 nitrogen and oxygen atoms in total. The highest BCUT2D eigenvalue weighted by molar-refractivity contribution is 5.97. The normalized spacial score (nSPS) is 34.1. The highest BCUT2D eigenvalue weighted by atomic mass is 16.1. The summed E-state index contributed by atoms with van der Waals surface area (Å²) >= 11 is 0. The molecule has 1 aromatic heterocycles. The van der Waals surface area contributed by atoms with E-state index >= 15 is 0 Å². The lowest BCUT2D eigenvalue weighted by Gasteiger charge is -2.26. The van der Waals surface area contributed by atoms with E-state index in [1.807, 2.05) is 10.7 Å². The molecule has 2 aliphatic carbocycles. The summed E-state index contributed by atoms with van der Waals surface area (Å²) in [7, 11) is 0. The Labute approximate surface area is 108 Å².